The van der Waals surface area contributed by atoms with Crippen LogP contribution < -0.4 is 4.74 Å². The van der Waals surface area contributed by atoms with Crippen molar-refractivity contribution in [2.24, 2.45) is 0 Å². The third-order valence-corrected chi connectivity index (χ3v) is 4.15. The Morgan fingerprint density at radius 3 is 2.57 bits per heavy atom. The molecule has 0 unspecified atom stereocenters. The minimum atomic E-state index is -0.893. The fraction of sp³-hybridized carbons (Fsp3) is 0.375. The molecular formula is C16H19NO3S. The smallest absolute Gasteiger partial charge is 0.347 e. The Bertz CT molecular complexity index is 604. The summed E-state index contributed by atoms with van der Waals surface area (Å²) < 4.78 is 5.40. The lowest BCUT2D eigenvalue weighted by molar-refractivity contribution is 0.0701. The Hall–Kier alpha value is -1.88. The Kier molecular flexibility index (Phi) is 5.33. The number of ether oxygens (including phenoxy) is 1. The molecule has 0 aliphatic carbocycles. The topological polar surface area (TPSA) is 59.4 Å². The SMILES string of the molecule is CCCc1nc(Cc2ccc(OCC)cc2)c(C(=O)O)s1. The van der Waals surface area contributed by atoms with Crippen LogP contribution in [-0.4, -0.2) is 22.7 Å². The van der Waals surface area contributed by atoms with Crippen LogP contribution in [0, 0.1) is 0 Å². The molecule has 0 spiro atoms. The first-order valence-corrected chi connectivity index (χ1v) is 7.89. The highest BCUT2D eigenvalue weighted by Gasteiger charge is 2.17. The average molecular weight is 305 g/mol. The molecule has 5 heteroatoms. The number of hydrogen-bond acceptors (Lipinski definition) is 4. The number of carboxylic acid groups (broad SMARTS) is 1. The van der Waals surface area contributed by atoms with E-state index < -0.39 is 5.97 Å². The van der Waals surface area contributed by atoms with E-state index in [1.165, 1.54) is 11.3 Å². The van der Waals surface area contributed by atoms with Gasteiger partial charge in [0.15, 0.2) is 0 Å². The third kappa shape index (κ3) is 4.04. The van der Waals surface area contributed by atoms with Crippen molar-refractivity contribution in [3.05, 3.63) is 45.4 Å². The second kappa shape index (κ2) is 7.22. The second-order valence-corrected chi connectivity index (χ2v) is 5.78. The lowest BCUT2D eigenvalue weighted by atomic mass is 10.1. The van der Waals surface area contributed by atoms with E-state index in [4.69, 9.17) is 4.74 Å². The lowest BCUT2D eigenvalue weighted by Gasteiger charge is -2.04. The number of carbonyl (C=O) groups is 1. The van der Waals surface area contributed by atoms with Gasteiger partial charge in [-0.1, -0.05) is 19.1 Å². The molecule has 1 aromatic carbocycles. The van der Waals surface area contributed by atoms with E-state index in [2.05, 4.69) is 11.9 Å². The summed E-state index contributed by atoms with van der Waals surface area (Å²) in [5.74, 6) is -0.0690. The molecule has 0 saturated heterocycles. The zero-order valence-corrected chi connectivity index (χ0v) is 13.1. The number of carboxylic acids is 1. The summed E-state index contributed by atoms with van der Waals surface area (Å²) in [5.41, 5.74) is 1.69. The van der Waals surface area contributed by atoms with Crippen LogP contribution >= 0.6 is 11.3 Å². The maximum Gasteiger partial charge on any atom is 0.347 e. The van der Waals surface area contributed by atoms with E-state index in [-0.39, 0.29) is 0 Å². The van der Waals surface area contributed by atoms with E-state index in [1.54, 1.807) is 0 Å². The van der Waals surface area contributed by atoms with Crippen molar-refractivity contribution >= 4 is 17.3 Å². The van der Waals surface area contributed by atoms with Gasteiger partial charge in [0.1, 0.15) is 10.6 Å². The Morgan fingerprint density at radius 2 is 2.00 bits per heavy atom. The minimum Gasteiger partial charge on any atom is -0.494 e. The predicted molar refractivity (Wildman–Crippen MR) is 83.5 cm³/mol. The molecule has 0 amide bonds. The summed E-state index contributed by atoms with van der Waals surface area (Å²) in [6.07, 6.45) is 2.33. The Balaban J connectivity index is 2.19. The van der Waals surface area contributed by atoms with Crippen molar-refractivity contribution in [3.8, 4) is 5.75 Å². The molecule has 0 aliphatic heterocycles. The summed E-state index contributed by atoms with van der Waals surface area (Å²) in [5, 5.41) is 10.2. The summed E-state index contributed by atoms with van der Waals surface area (Å²) in [4.78, 5) is 16.2. The van der Waals surface area contributed by atoms with Crippen molar-refractivity contribution in [2.75, 3.05) is 6.61 Å². The maximum atomic E-state index is 11.3. The highest BCUT2D eigenvalue weighted by atomic mass is 32.1. The molecule has 0 saturated carbocycles. The van der Waals surface area contributed by atoms with Gasteiger partial charge in [0.2, 0.25) is 0 Å². The van der Waals surface area contributed by atoms with Gasteiger partial charge in [-0.3, -0.25) is 0 Å². The van der Waals surface area contributed by atoms with Crippen molar-refractivity contribution in [1.82, 2.24) is 4.98 Å². The quantitative estimate of drug-likeness (QED) is 0.845. The number of thiazole rings is 1. The third-order valence-electron chi connectivity index (χ3n) is 3.01. The number of nitrogens with zero attached hydrogens (tertiary/aromatic N) is 1. The number of hydrogen-bond donors (Lipinski definition) is 1. The molecule has 1 heterocycles. The van der Waals surface area contributed by atoms with Crippen molar-refractivity contribution in [3.63, 3.8) is 0 Å². The normalized spacial score (nSPS) is 10.6. The van der Waals surface area contributed by atoms with Crippen LogP contribution in [0.15, 0.2) is 24.3 Å². The minimum absolute atomic E-state index is 0.354. The fourth-order valence-electron chi connectivity index (χ4n) is 2.07. The first-order chi connectivity index (χ1) is 10.1. The molecule has 0 aliphatic rings. The van der Waals surface area contributed by atoms with E-state index in [0.29, 0.717) is 23.6 Å². The summed E-state index contributed by atoms with van der Waals surface area (Å²) >= 11 is 1.29. The molecule has 21 heavy (non-hydrogen) atoms. The first kappa shape index (κ1) is 15.5. The summed E-state index contributed by atoms with van der Waals surface area (Å²) in [6.45, 7) is 4.64. The van der Waals surface area contributed by atoms with Gasteiger partial charge in [-0.15, -0.1) is 11.3 Å². The number of aromatic carboxylic acids is 1. The standard InChI is InChI=1S/C16H19NO3S/c1-3-5-14-17-13(15(21-14)16(18)19)10-11-6-8-12(9-7-11)20-4-2/h6-9H,3-5,10H2,1-2H3,(H,18,19). The zero-order chi connectivity index (χ0) is 15.2. The highest BCUT2D eigenvalue weighted by molar-refractivity contribution is 7.13. The molecule has 2 rings (SSSR count). The van der Waals surface area contributed by atoms with Crippen molar-refractivity contribution in [1.29, 1.82) is 0 Å². The van der Waals surface area contributed by atoms with Crippen LogP contribution in [0.2, 0.25) is 0 Å². The zero-order valence-electron chi connectivity index (χ0n) is 12.3. The fourth-order valence-corrected chi connectivity index (χ4v) is 3.09. The van der Waals surface area contributed by atoms with E-state index >= 15 is 0 Å². The largest absolute Gasteiger partial charge is 0.494 e. The van der Waals surface area contributed by atoms with Gasteiger partial charge in [0.25, 0.3) is 0 Å². The number of aryl methyl sites for hydroxylation is 1. The summed E-state index contributed by atoms with van der Waals surface area (Å²) in [7, 11) is 0. The maximum absolute atomic E-state index is 11.3. The number of rotatable bonds is 7. The van der Waals surface area contributed by atoms with Gasteiger partial charge in [0, 0.05) is 6.42 Å². The second-order valence-electron chi connectivity index (χ2n) is 4.69. The van der Waals surface area contributed by atoms with Gasteiger partial charge in [0.05, 0.1) is 17.3 Å². The number of benzene rings is 1. The molecule has 4 nitrogen and oxygen atoms in total. The van der Waals surface area contributed by atoms with E-state index in [9.17, 15) is 9.90 Å². The average Bonchev–Trinajstić information content (AvgIpc) is 2.85. The van der Waals surface area contributed by atoms with Gasteiger partial charge in [-0.25, -0.2) is 9.78 Å². The molecule has 1 N–H and O–H groups in total. The number of aromatic nitrogens is 1. The van der Waals surface area contributed by atoms with Crippen LogP contribution in [0.1, 0.15) is 46.2 Å². The van der Waals surface area contributed by atoms with Gasteiger partial charge in [-0.2, -0.15) is 0 Å². The molecule has 2 aromatic rings. The van der Waals surface area contributed by atoms with Gasteiger partial charge in [-0.05, 0) is 37.5 Å². The molecule has 0 radical (unpaired) electrons. The first-order valence-electron chi connectivity index (χ1n) is 7.07. The molecule has 112 valence electrons. The van der Waals surface area contributed by atoms with E-state index in [0.717, 1.165) is 29.2 Å². The molecule has 1 aromatic heterocycles. The monoisotopic (exact) mass is 305 g/mol. The predicted octanol–water partition coefficient (Wildman–Crippen LogP) is 3.78. The molecule has 0 bridgehead atoms. The van der Waals surface area contributed by atoms with Crippen LogP contribution in [-0.2, 0) is 12.8 Å². The molecule has 0 atom stereocenters. The van der Waals surface area contributed by atoms with Crippen LogP contribution in [0.3, 0.4) is 0 Å². The Labute approximate surface area is 128 Å². The van der Waals surface area contributed by atoms with Crippen molar-refractivity contribution < 1.29 is 14.6 Å². The van der Waals surface area contributed by atoms with Gasteiger partial charge >= 0.3 is 5.97 Å². The summed E-state index contributed by atoms with van der Waals surface area (Å²) in [6, 6.07) is 7.71. The highest BCUT2D eigenvalue weighted by Crippen LogP contribution is 2.23. The molecule has 0 fully saturated rings. The van der Waals surface area contributed by atoms with Crippen molar-refractivity contribution in [2.45, 2.75) is 33.1 Å². The lowest BCUT2D eigenvalue weighted by Crippen LogP contribution is -2.00. The Morgan fingerprint density at radius 1 is 1.29 bits per heavy atom. The van der Waals surface area contributed by atoms with E-state index in [1.807, 2.05) is 31.2 Å². The van der Waals surface area contributed by atoms with Crippen LogP contribution in [0.5, 0.6) is 5.75 Å². The molecular weight excluding hydrogens is 286 g/mol. The van der Waals surface area contributed by atoms with Crippen LogP contribution in [0.25, 0.3) is 0 Å². The van der Waals surface area contributed by atoms with Gasteiger partial charge < -0.3 is 9.84 Å². The van der Waals surface area contributed by atoms with Crippen LogP contribution in [0.4, 0.5) is 0 Å².